The Balaban J connectivity index is 2.21. The molecule has 1 aromatic carbocycles. The van der Waals surface area contributed by atoms with Crippen molar-refractivity contribution >= 4 is 27.3 Å². The number of rotatable bonds is 5. The van der Waals surface area contributed by atoms with Crippen molar-refractivity contribution in [2.75, 3.05) is 0 Å². The van der Waals surface area contributed by atoms with E-state index in [4.69, 9.17) is 0 Å². The van der Waals surface area contributed by atoms with Crippen molar-refractivity contribution in [2.45, 2.75) is 26.9 Å². The highest BCUT2D eigenvalue weighted by molar-refractivity contribution is 7.16. The average molecular weight is 343 g/mol. The van der Waals surface area contributed by atoms with Crippen LogP contribution in [0.5, 0.6) is 0 Å². The number of carbonyl (C=O) groups is 1. The summed E-state index contributed by atoms with van der Waals surface area (Å²) in [6, 6.07) is 3.43. The first-order valence-corrected chi connectivity index (χ1v) is 8.38. The molecule has 6 nitrogen and oxygen atoms in total. The number of allylic oxidation sites excluding steroid dienone is 1. The fourth-order valence-electron chi connectivity index (χ4n) is 2.83. The molecule has 0 aliphatic rings. The fraction of sp³-hybridized carbons (Fsp3) is 0.235. The third-order valence-corrected chi connectivity index (χ3v) is 4.98. The topological polar surface area (TPSA) is 76.9 Å². The summed E-state index contributed by atoms with van der Waals surface area (Å²) in [6.07, 6.45) is 3.08. The number of benzene rings is 1. The molecule has 2 heterocycles. The Hall–Kier alpha value is -2.67. The monoisotopic (exact) mass is 343 g/mol. The Labute approximate surface area is 141 Å². The Bertz CT molecular complexity index is 1070. The molecule has 0 aliphatic heterocycles. The highest BCUT2D eigenvalue weighted by Crippen LogP contribution is 2.25. The van der Waals surface area contributed by atoms with Gasteiger partial charge in [-0.2, -0.15) is 0 Å². The number of H-pyrrole nitrogens is 1. The van der Waals surface area contributed by atoms with E-state index in [1.807, 2.05) is 6.92 Å². The van der Waals surface area contributed by atoms with E-state index in [0.29, 0.717) is 24.2 Å². The van der Waals surface area contributed by atoms with Crippen molar-refractivity contribution in [3.63, 3.8) is 0 Å². The lowest BCUT2D eigenvalue weighted by atomic mass is 10.00. The van der Waals surface area contributed by atoms with E-state index in [2.05, 4.69) is 11.7 Å². The molecule has 2 aromatic heterocycles. The molecule has 0 atom stereocenters. The Morgan fingerprint density at radius 2 is 2.08 bits per heavy atom. The van der Waals surface area contributed by atoms with Crippen molar-refractivity contribution in [1.29, 1.82) is 0 Å². The number of aromatic amines is 1. The smallest absolute Gasteiger partial charge is 0.302 e. The van der Waals surface area contributed by atoms with Gasteiger partial charge in [0, 0.05) is 24.8 Å². The normalized spacial score (nSPS) is 11.1. The van der Waals surface area contributed by atoms with E-state index in [-0.39, 0.29) is 21.8 Å². The minimum absolute atomic E-state index is 0.0902. The van der Waals surface area contributed by atoms with Crippen LogP contribution in [0.3, 0.4) is 0 Å². The molecule has 7 heteroatoms. The van der Waals surface area contributed by atoms with Crippen LogP contribution in [0.25, 0.3) is 10.2 Å². The summed E-state index contributed by atoms with van der Waals surface area (Å²) in [7, 11) is 0. The molecule has 0 unspecified atom stereocenters. The summed E-state index contributed by atoms with van der Waals surface area (Å²) in [5.74, 6) is -0.341. The molecule has 0 bridgehead atoms. The minimum atomic E-state index is -0.341. The number of thiazole rings is 1. The third-order valence-electron chi connectivity index (χ3n) is 4.04. The van der Waals surface area contributed by atoms with E-state index < -0.39 is 0 Å². The number of aromatic nitrogens is 3. The molecule has 124 valence electrons. The zero-order chi connectivity index (χ0) is 17.4. The summed E-state index contributed by atoms with van der Waals surface area (Å²) in [5.41, 5.74) is 1.61. The van der Waals surface area contributed by atoms with Crippen molar-refractivity contribution in [3.8, 4) is 0 Å². The SMILES string of the molecule is C=CCn1c(=O)sc2ccc(C(=O)c3c[nH]n(CC)c3=O)c(C)c21. The number of nitrogens with zero attached hydrogens (tertiary/aromatic N) is 2. The molecule has 0 saturated heterocycles. The second-order valence-electron chi connectivity index (χ2n) is 5.42. The number of hydrogen-bond donors (Lipinski definition) is 1. The summed E-state index contributed by atoms with van der Waals surface area (Å²) in [4.78, 5) is 37.0. The van der Waals surface area contributed by atoms with Gasteiger partial charge in [-0.25, -0.2) is 0 Å². The zero-order valence-electron chi connectivity index (χ0n) is 13.5. The Kier molecular flexibility index (Phi) is 4.11. The molecule has 24 heavy (non-hydrogen) atoms. The first-order chi connectivity index (χ1) is 11.5. The summed E-state index contributed by atoms with van der Waals surface area (Å²) in [6.45, 7) is 8.14. The molecule has 1 N–H and O–H groups in total. The van der Waals surface area contributed by atoms with Crippen LogP contribution >= 0.6 is 11.3 Å². The van der Waals surface area contributed by atoms with Gasteiger partial charge in [-0.05, 0) is 31.5 Å². The third kappa shape index (κ3) is 2.37. The lowest BCUT2D eigenvalue weighted by Crippen LogP contribution is -2.21. The molecular formula is C17H17N3O3S. The maximum absolute atomic E-state index is 12.8. The Morgan fingerprint density at radius 1 is 1.33 bits per heavy atom. The van der Waals surface area contributed by atoms with Crippen LogP contribution in [-0.2, 0) is 13.1 Å². The number of fused-ring (bicyclic) bond motifs is 1. The van der Waals surface area contributed by atoms with E-state index in [9.17, 15) is 14.4 Å². The molecule has 3 aromatic rings. The summed E-state index contributed by atoms with van der Waals surface area (Å²) in [5, 5.41) is 2.78. The maximum Gasteiger partial charge on any atom is 0.308 e. The van der Waals surface area contributed by atoms with E-state index in [1.165, 1.54) is 10.9 Å². The molecule has 0 radical (unpaired) electrons. The van der Waals surface area contributed by atoms with Crippen molar-refractivity contribution in [1.82, 2.24) is 14.3 Å². The van der Waals surface area contributed by atoms with Gasteiger partial charge in [0.15, 0.2) is 0 Å². The van der Waals surface area contributed by atoms with Gasteiger partial charge in [0.2, 0.25) is 5.78 Å². The van der Waals surface area contributed by atoms with Gasteiger partial charge >= 0.3 is 4.87 Å². The molecule has 0 amide bonds. The first kappa shape index (κ1) is 16.2. The van der Waals surface area contributed by atoms with Crippen molar-refractivity contribution in [2.24, 2.45) is 0 Å². The largest absolute Gasteiger partial charge is 0.308 e. The van der Waals surface area contributed by atoms with Gasteiger partial charge in [0.05, 0.1) is 10.2 Å². The van der Waals surface area contributed by atoms with E-state index in [1.54, 1.807) is 29.7 Å². The Morgan fingerprint density at radius 3 is 2.71 bits per heavy atom. The van der Waals surface area contributed by atoms with E-state index >= 15 is 0 Å². The predicted octanol–water partition coefficient (Wildman–Crippen LogP) is 2.30. The minimum Gasteiger partial charge on any atom is -0.302 e. The lowest BCUT2D eigenvalue weighted by molar-refractivity contribution is 0.103. The van der Waals surface area contributed by atoms with Crippen LogP contribution in [0, 0.1) is 6.92 Å². The number of carbonyl (C=O) groups excluding carboxylic acids is 1. The molecule has 0 fully saturated rings. The van der Waals surface area contributed by atoms with Gasteiger partial charge in [-0.15, -0.1) is 6.58 Å². The van der Waals surface area contributed by atoms with Crippen LogP contribution in [0.4, 0.5) is 0 Å². The molecule has 0 aliphatic carbocycles. The fourth-order valence-corrected chi connectivity index (χ4v) is 3.79. The average Bonchev–Trinajstić information content (AvgIpc) is 3.08. The van der Waals surface area contributed by atoms with Gasteiger partial charge in [-0.3, -0.25) is 23.6 Å². The maximum atomic E-state index is 12.8. The molecule has 0 spiro atoms. The zero-order valence-corrected chi connectivity index (χ0v) is 14.3. The second-order valence-corrected chi connectivity index (χ2v) is 6.41. The number of nitrogens with one attached hydrogen (secondary N) is 1. The molecule has 0 saturated carbocycles. The van der Waals surface area contributed by atoms with Crippen molar-refractivity contribution in [3.05, 3.63) is 67.7 Å². The lowest BCUT2D eigenvalue weighted by Gasteiger charge is -2.07. The highest BCUT2D eigenvalue weighted by atomic mass is 32.1. The van der Waals surface area contributed by atoms with Crippen molar-refractivity contribution < 1.29 is 4.79 Å². The molecular weight excluding hydrogens is 326 g/mol. The van der Waals surface area contributed by atoms with Crippen LogP contribution in [0.15, 0.2) is 40.6 Å². The summed E-state index contributed by atoms with van der Waals surface area (Å²) >= 11 is 1.14. The first-order valence-electron chi connectivity index (χ1n) is 7.56. The van der Waals surface area contributed by atoms with Crippen LogP contribution in [0.2, 0.25) is 0 Å². The van der Waals surface area contributed by atoms with Crippen LogP contribution < -0.4 is 10.4 Å². The van der Waals surface area contributed by atoms with Crippen LogP contribution in [0.1, 0.15) is 28.4 Å². The number of aryl methyl sites for hydroxylation is 2. The summed E-state index contributed by atoms with van der Waals surface area (Å²) < 4.78 is 3.79. The number of ketones is 1. The van der Waals surface area contributed by atoms with Crippen LogP contribution in [-0.4, -0.2) is 20.1 Å². The van der Waals surface area contributed by atoms with Gasteiger partial charge in [-0.1, -0.05) is 17.4 Å². The quantitative estimate of drug-likeness (QED) is 0.570. The predicted molar refractivity (Wildman–Crippen MR) is 95.2 cm³/mol. The number of hydrogen-bond acceptors (Lipinski definition) is 4. The van der Waals surface area contributed by atoms with Gasteiger partial charge < -0.3 is 5.10 Å². The highest BCUT2D eigenvalue weighted by Gasteiger charge is 2.20. The van der Waals surface area contributed by atoms with Gasteiger partial charge in [0.25, 0.3) is 5.56 Å². The molecule has 3 rings (SSSR count). The second kappa shape index (κ2) is 6.09. The van der Waals surface area contributed by atoms with Gasteiger partial charge in [0.1, 0.15) is 5.56 Å². The standard InChI is InChI=1S/C17H17N3O3S/c1-4-8-19-14-10(3)11(6-7-13(14)24-17(19)23)15(21)12-9-18-20(5-2)16(12)22/h4,6-7,9,18H,1,5,8H2,2-3H3. The van der Waals surface area contributed by atoms with E-state index in [0.717, 1.165) is 21.6 Å².